The van der Waals surface area contributed by atoms with E-state index in [2.05, 4.69) is 11.7 Å². The van der Waals surface area contributed by atoms with Crippen molar-refractivity contribution in [2.45, 2.75) is 109 Å². The van der Waals surface area contributed by atoms with Crippen molar-refractivity contribution >= 4 is 5.97 Å². The molecule has 0 saturated carbocycles. The van der Waals surface area contributed by atoms with Crippen LogP contribution in [0.2, 0.25) is 0 Å². The highest BCUT2D eigenvalue weighted by molar-refractivity contribution is 5.68. The van der Waals surface area contributed by atoms with E-state index in [0.717, 1.165) is 32.1 Å². The number of ether oxygens (including phenoxy) is 1. The second-order valence-electron chi connectivity index (χ2n) is 6.45. The van der Waals surface area contributed by atoms with Crippen LogP contribution >= 0.6 is 0 Å². The van der Waals surface area contributed by atoms with Crippen LogP contribution in [0.1, 0.15) is 103 Å². The predicted octanol–water partition coefficient (Wildman–Crippen LogP) is 5.39. The van der Waals surface area contributed by atoms with Crippen LogP contribution < -0.4 is 0 Å². The van der Waals surface area contributed by atoms with Gasteiger partial charge in [0.2, 0.25) is 0 Å². The monoisotopic (exact) mass is 314 g/mol. The average Bonchev–Trinajstić information content (AvgIpc) is 2.53. The Labute approximate surface area is 137 Å². The zero-order valence-electron chi connectivity index (χ0n) is 14.9. The third kappa shape index (κ3) is 15.8. The van der Waals surface area contributed by atoms with Crippen LogP contribution in [0.15, 0.2) is 0 Å². The van der Waals surface area contributed by atoms with Gasteiger partial charge in [-0.05, 0) is 19.3 Å². The Hall–Kier alpha value is -0.570. The zero-order valence-corrected chi connectivity index (χ0v) is 14.9. The third-order valence-electron chi connectivity index (χ3n) is 4.29. The van der Waals surface area contributed by atoms with Crippen LogP contribution in [0.3, 0.4) is 0 Å². The smallest absolute Gasteiger partial charge is 0.305 e. The molecule has 0 aromatic rings. The van der Waals surface area contributed by atoms with E-state index in [1.165, 1.54) is 64.9 Å². The van der Waals surface area contributed by atoms with Crippen molar-refractivity contribution in [2.75, 3.05) is 7.11 Å². The molecule has 3 heteroatoms. The molecular weight excluding hydrogens is 276 g/mol. The second kappa shape index (κ2) is 16.8. The summed E-state index contributed by atoms with van der Waals surface area (Å²) in [7, 11) is 1.45. The molecule has 0 fully saturated rings. The Balaban J connectivity index is 3.14. The summed E-state index contributed by atoms with van der Waals surface area (Å²) in [6.07, 6.45) is 17.0. The number of hydrogen-bond donors (Lipinski definition) is 1. The van der Waals surface area contributed by atoms with Crippen molar-refractivity contribution in [3.8, 4) is 0 Å². The number of aliphatic hydroxyl groups is 1. The topological polar surface area (TPSA) is 46.5 Å². The summed E-state index contributed by atoms with van der Waals surface area (Å²) in [6, 6.07) is 0. The van der Waals surface area contributed by atoms with E-state index in [-0.39, 0.29) is 12.1 Å². The molecule has 0 bridgehead atoms. The Bertz CT molecular complexity index is 241. The van der Waals surface area contributed by atoms with Gasteiger partial charge in [0.05, 0.1) is 13.2 Å². The highest BCUT2D eigenvalue weighted by Gasteiger charge is 2.03. The first-order valence-corrected chi connectivity index (χ1v) is 9.45. The fourth-order valence-corrected chi connectivity index (χ4v) is 2.76. The number of unbranched alkanes of at least 4 members (excludes halogenated alkanes) is 10. The molecule has 1 N–H and O–H groups in total. The van der Waals surface area contributed by atoms with Crippen LogP contribution in [-0.2, 0) is 9.53 Å². The maximum atomic E-state index is 10.9. The lowest BCUT2D eigenvalue weighted by Crippen LogP contribution is -2.05. The number of hydrogen-bond acceptors (Lipinski definition) is 3. The second-order valence-corrected chi connectivity index (χ2v) is 6.45. The zero-order chi connectivity index (χ0) is 16.5. The Morgan fingerprint density at radius 2 is 1.27 bits per heavy atom. The van der Waals surface area contributed by atoms with Crippen LogP contribution in [-0.4, -0.2) is 24.3 Å². The van der Waals surface area contributed by atoms with Gasteiger partial charge in [0.1, 0.15) is 0 Å². The lowest BCUT2D eigenvalue weighted by Gasteiger charge is -2.10. The van der Waals surface area contributed by atoms with Crippen LogP contribution in [0.4, 0.5) is 0 Å². The molecule has 0 aliphatic rings. The third-order valence-corrected chi connectivity index (χ3v) is 4.29. The van der Waals surface area contributed by atoms with Gasteiger partial charge in [0.25, 0.3) is 0 Å². The van der Waals surface area contributed by atoms with Crippen molar-refractivity contribution in [3.63, 3.8) is 0 Å². The van der Waals surface area contributed by atoms with E-state index < -0.39 is 0 Å². The highest BCUT2D eigenvalue weighted by Crippen LogP contribution is 2.14. The number of carbonyl (C=O) groups is 1. The van der Waals surface area contributed by atoms with Gasteiger partial charge in [-0.15, -0.1) is 0 Å². The SMILES string of the molecule is CCCCCC[C@@H](O)CCCCCCCCCCC(=O)OC. The summed E-state index contributed by atoms with van der Waals surface area (Å²) < 4.78 is 4.62. The fraction of sp³-hybridized carbons (Fsp3) is 0.947. The molecule has 22 heavy (non-hydrogen) atoms. The molecule has 0 saturated heterocycles. The molecule has 0 aromatic heterocycles. The summed E-state index contributed by atoms with van der Waals surface area (Å²) in [5, 5.41) is 9.88. The van der Waals surface area contributed by atoms with E-state index in [1.807, 2.05) is 0 Å². The van der Waals surface area contributed by atoms with E-state index in [4.69, 9.17) is 0 Å². The highest BCUT2D eigenvalue weighted by atomic mass is 16.5. The van der Waals surface area contributed by atoms with Crippen molar-refractivity contribution < 1.29 is 14.6 Å². The first kappa shape index (κ1) is 21.4. The van der Waals surface area contributed by atoms with Gasteiger partial charge in [-0.1, -0.05) is 77.6 Å². The normalized spacial score (nSPS) is 12.3. The summed E-state index contributed by atoms with van der Waals surface area (Å²) in [5.74, 6) is -0.0896. The molecule has 1 atom stereocenters. The molecule has 0 aliphatic carbocycles. The molecule has 0 aliphatic heterocycles. The van der Waals surface area contributed by atoms with Gasteiger partial charge in [0.15, 0.2) is 0 Å². The van der Waals surface area contributed by atoms with Gasteiger partial charge in [-0.3, -0.25) is 4.79 Å². The molecule has 0 unspecified atom stereocenters. The molecule has 0 radical (unpaired) electrons. The molecule has 0 aromatic carbocycles. The average molecular weight is 315 g/mol. The minimum Gasteiger partial charge on any atom is -0.469 e. The van der Waals surface area contributed by atoms with E-state index >= 15 is 0 Å². The minimum atomic E-state index is -0.0896. The lowest BCUT2D eigenvalue weighted by molar-refractivity contribution is -0.140. The van der Waals surface area contributed by atoms with Crippen molar-refractivity contribution in [2.24, 2.45) is 0 Å². The minimum absolute atomic E-state index is 0.0739. The Morgan fingerprint density at radius 1 is 0.818 bits per heavy atom. The maximum Gasteiger partial charge on any atom is 0.305 e. The van der Waals surface area contributed by atoms with Gasteiger partial charge < -0.3 is 9.84 Å². The van der Waals surface area contributed by atoms with Gasteiger partial charge >= 0.3 is 5.97 Å². The number of aliphatic hydroxyl groups excluding tert-OH is 1. The van der Waals surface area contributed by atoms with Gasteiger partial charge in [-0.2, -0.15) is 0 Å². The quantitative estimate of drug-likeness (QED) is 0.307. The molecule has 0 amide bonds. The largest absolute Gasteiger partial charge is 0.469 e. The van der Waals surface area contributed by atoms with Crippen molar-refractivity contribution in [1.29, 1.82) is 0 Å². The predicted molar refractivity (Wildman–Crippen MR) is 93.0 cm³/mol. The lowest BCUT2D eigenvalue weighted by atomic mass is 10.0. The molecule has 0 spiro atoms. The summed E-state index contributed by atoms with van der Waals surface area (Å²) in [5.41, 5.74) is 0. The first-order chi connectivity index (χ1) is 10.7. The van der Waals surface area contributed by atoms with Gasteiger partial charge in [-0.25, -0.2) is 0 Å². The Kier molecular flexibility index (Phi) is 16.4. The van der Waals surface area contributed by atoms with E-state index in [1.54, 1.807) is 0 Å². The standard InChI is InChI=1S/C19H38O3/c1-3-4-5-12-15-18(20)16-13-10-8-6-7-9-11-14-17-19(21)22-2/h18,20H,3-17H2,1-2H3/t18-/m1/s1. The van der Waals surface area contributed by atoms with Crippen LogP contribution in [0.25, 0.3) is 0 Å². The summed E-state index contributed by atoms with van der Waals surface area (Å²) in [6.45, 7) is 2.22. The van der Waals surface area contributed by atoms with E-state index in [9.17, 15) is 9.90 Å². The van der Waals surface area contributed by atoms with Crippen molar-refractivity contribution in [1.82, 2.24) is 0 Å². The molecule has 0 heterocycles. The molecular formula is C19H38O3. The number of esters is 1. The number of rotatable bonds is 16. The summed E-state index contributed by atoms with van der Waals surface area (Å²) in [4.78, 5) is 10.9. The van der Waals surface area contributed by atoms with Crippen LogP contribution in [0, 0.1) is 0 Å². The molecule has 132 valence electrons. The first-order valence-electron chi connectivity index (χ1n) is 9.45. The number of methoxy groups -OCH3 is 1. The fourth-order valence-electron chi connectivity index (χ4n) is 2.76. The van der Waals surface area contributed by atoms with Gasteiger partial charge in [0, 0.05) is 6.42 Å². The number of carbonyl (C=O) groups excluding carboxylic acids is 1. The molecule has 0 rings (SSSR count). The maximum absolute atomic E-state index is 10.9. The Morgan fingerprint density at radius 3 is 1.77 bits per heavy atom. The van der Waals surface area contributed by atoms with E-state index in [0.29, 0.717) is 6.42 Å². The molecule has 3 nitrogen and oxygen atoms in total. The van der Waals surface area contributed by atoms with Crippen LogP contribution in [0.5, 0.6) is 0 Å². The van der Waals surface area contributed by atoms with Crippen molar-refractivity contribution in [3.05, 3.63) is 0 Å². The summed E-state index contributed by atoms with van der Waals surface area (Å²) >= 11 is 0.